The first-order valence-corrected chi connectivity index (χ1v) is 13.0. The molecule has 0 bridgehead atoms. The summed E-state index contributed by atoms with van der Waals surface area (Å²) in [6.07, 6.45) is -1.88. The van der Waals surface area contributed by atoms with Crippen LogP contribution in [0.1, 0.15) is 57.1 Å². The largest absolute Gasteiger partial charge is 0.451 e. The van der Waals surface area contributed by atoms with Gasteiger partial charge < -0.3 is 19.7 Å². The first-order valence-electron chi connectivity index (χ1n) is 12.2. The third kappa shape index (κ3) is 5.40. The molecule has 36 heavy (non-hydrogen) atoms. The molecule has 3 aromatic heterocycles. The summed E-state index contributed by atoms with van der Waals surface area (Å²) in [5.41, 5.74) is 0. The molecule has 0 saturated carbocycles. The third-order valence-corrected chi connectivity index (χ3v) is 7.31. The molecule has 0 saturated heterocycles. The molecule has 0 aliphatic carbocycles. The number of rotatable bonds is 9. The second kappa shape index (κ2) is 10.6. The Morgan fingerprint density at radius 1 is 1.22 bits per heavy atom. The number of carbonyl (C=O) groups is 1. The van der Waals surface area contributed by atoms with E-state index < -0.39 is 12.0 Å². The minimum Gasteiger partial charge on any atom is -0.352 e. The van der Waals surface area contributed by atoms with Crippen LogP contribution in [0.15, 0.2) is 6.07 Å². The minimum absolute atomic E-state index is 0.0569. The van der Waals surface area contributed by atoms with Crippen molar-refractivity contribution >= 4 is 39.2 Å². The van der Waals surface area contributed by atoms with Crippen LogP contribution in [0.3, 0.4) is 0 Å². The lowest BCUT2D eigenvalue weighted by molar-refractivity contribution is -0.147. The van der Waals surface area contributed by atoms with Crippen molar-refractivity contribution in [3.8, 4) is 0 Å². The van der Waals surface area contributed by atoms with Crippen LogP contribution in [0.2, 0.25) is 0 Å². The Bertz CT molecular complexity index is 1220. The van der Waals surface area contributed by atoms with E-state index >= 15 is 0 Å². The molecular formula is C23H31F3N8OS. The fraction of sp³-hybridized carbons (Fsp3) is 0.609. The van der Waals surface area contributed by atoms with Crippen molar-refractivity contribution in [3.63, 3.8) is 0 Å². The zero-order valence-corrected chi connectivity index (χ0v) is 21.7. The zero-order chi connectivity index (χ0) is 26.0. The monoisotopic (exact) mass is 524 g/mol. The number of hydrogen-bond acceptors (Lipinski definition) is 8. The summed E-state index contributed by atoms with van der Waals surface area (Å²) in [5, 5.41) is 11.1. The highest BCUT2D eigenvalue weighted by atomic mass is 32.1. The van der Waals surface area contributed by atoms with Gasteiger partial charge >= 0.3 is 6.18 Å². The van der Waals surface area contributed by atoms with Gasteiger partial charge in [-0.1, -0.05) is 20.3 Å². The van der Waals surface area contributed by atoms with Crippen molar-refractivity contribution in [1.29, 1.82) is 0 Å². The van der Waals surface area contributed by atoms with Gasteiger partial charge in [0.2, 0.25) is 17.7 Å². The predicted molar refractivity (Wildman–Crippen MR) is 133 cm³/mol. The molecule has 13 heteroatoms. The number of nitrogens with one attached hydrogen (secondary N) is 1. The van der Waals surface area contributed by atoms with Crippen molar-refractivity contribution in [1.82, 2.24) is 30.0 Å². The average Bonchev–Trinajstić information content (AvgIpc) is 3.44. The van der Waals surface area contributed by atoms with Crippen molar-refractivity contribution in [2.45, 2.75) is 72.3 Å². The number of alkyl halides is 3. The van der Waals surface area contributed by atoms with E-state index in [0.29, 0.717) is 31.4 Å². The number of aromatic nitrogens is 5. The van der Waals surface area contributed by atoms with Gasteiger partial charge in [0.25, 0.3) is 0 Å². The summed E-state index contributed by atoms with van der Waals surface area (Å²) in [5.74, 6) is 0.425. The van der Waals surface area contributed by atoms with E-state index in [1.165, 1.54) is 11.8 Å². The lowest BCUT2D eigenvalue weighted by Crippen LogP contribution is -2.43. The predicted octanol–water partition coefficient (Wildman–Crippen LogP) is 4.02. The summed E-state index contributed by atoms with van der Waals surface area (Å²) < 4.78 is 41.1. The second-order valence-corrected chi connectivity index (χ2v) is 10.00. The molecule has 1 amide bonds. The number of thiophene rings is 1. The summed E-state index contributed by atoms with van der Waals surface area (Å²) in [7, 11) is 0. The Hall–Kier alpha value is -2.96. The van der Waals surface area contributed by atoms with Crippen molar-refractivity contribution in [2.75, 3.05) is 29.4 Å². The van der Waals surface area contributed by atoms with Crippen LogP contribution in [0.25, 0.3) is 10.2 Å². The Morgan fingerprint density at radius 2 is 2.00 bits per heavy atom. The first-order chi connectivity index (χ1) is 17.1. The molecule has 1 aliphatic heterocycles. The highest BCUT2D eigenvalue weighted by molar-refractivity contribution is 7.18. The maximum absolute atomic E-state index is 13.3. The van der Waals surface area contributed by atoms with E-state index in [1.54, 1.807) is 11.3 Å². The topological polar surface area (TPSA) is 92.1 Å². The Kier molecular flexibility index (Phi) is 7.67. The summed E-state index contributed by atoms with van der Waals surface area (Å²) in [6.45, 7) is 9.44. The molecule has 1 aliphatic rings. The minimum atomic E-state index is -4.55. The highest BCUT2D eigenvalue weighted by Crippen LogP contribution is 2.36. The van der Waals surface area contributed by atoms with Crippen LogP contribution < -0.4 is 15.1 Å². The molecule has 0 spiro atoms. The van der Waals surface area contributed by atoms with Gasteiger partial charge in [-0.15, -0.1) is 21.5 Å². The molecule has 1 atom stereocenters. The van der Waals surface area contributed by atoms with Crippen LogP contribution in [0.5, 0.6) is 0 Å². The average molecular weight is 525 g/mol. The van der Waals surface area contributed by atoms with E-state index in [2.05, 4.69) is 28.5 Å². The van der Waals surface area contributed by atoms with Gasteiger partial charge in [-0.25, -0.2) is 4.98 Å². The molecule has 0 radical (unpaired) electrons. The smallest absolute Gasteiger partial charge is 0.352 e. The molecule has 1 unspecified atom stereocenters. The molecule has 9 nitrogen and oxygen atoms in total. The van der Waals surface area contributed by atoms with Gasteiger partial charge in [0, 0.05) is 44.0 Å². The van der Waals surface area contributed by atoms with Crippen LogP contribution in [0, 0.1) is 0 Å². The van der Waals surface area contributed by atoms with E-state index in [4.69, 9.17) is 9.97 Å². The van der Waals surface area contributed by atoms with Gasteiger partial charge in [-0.2, -0.15) is 18.2 Å². The summed E-state index contributed by atoms with van der Waals surface area (Å²) in [4.78, 5) is 27.4. The molecule has 0 fully saturated rings. The number of fused-ring (bicyclic) bond motifs is 2. The summed E-state index contributed by atoms with van der Waals surface area (Å²) in [6, 6.07) is 2.03. The summed E-state index contributed by atoms with van der Waals surface area (Å²) >= 11 is 1.61. The maximum Gasteiger partial charge on any atom is 0.451 e. The Balaban J connectivity index is 1.72. The number of nitrogens with zero attached hydrogens (tertiary/aromatic N) is 7. The molecular weight excluding hydrogens is 493 g/mol. The number of aryl methyl sites for hydroxylation is 1. The van der Waals surface area contributed by atoms with Crippen molar-refractivity contribution < 1.29 is 18.0 Å². The number of hydrogen-bond donors (Lipinski definition) is 1. The standard InChI is InChI=1S/C23H31F3N8OS/c1-5-8-16-11-17-19(33-9-10-34-18(13-33)30-31-21(34)23(24,25)26)28-22(29-20(17)36-16)32(7-3)12-15(6-2)27-14(4)35/h11,15H,5-10,12-13H2,1-4H3,(H,27,35). The van der Waals surface area contributed by atoms with E-state index in [0.717, 1.165) is 34.0 Å². The molecule has 4 rings (SSSR count). The van der Waals surface area contributed by atoms with Gasteiger partial charge in [-0.3, -0.25) is 4.79 Å². The molecule has 3 aromatic rings. The fourth-order valence-electron chi connectivity index (χ4n) is 4.43. The van der Waals surface area contributed by atoms with Gasteiger partial charge in [0.15, 0.2) is 5.82 Å². The van der Waals surface area contributed by atoms with Gasteiger partial charge in [0.1, 0.15) is 10.6 Å². The molecule has 0 aromatic carbocycles. The van der Waals surface area contributed by atoms with Crippen LogP contribution >= 0.6 is 11.3 Å². The maximum atomic E-state index is 13.3. The van der Waals surface area contributed by atoms with E-state index in [1.807, 2.05) is 23.6 Å². The first kappa shape index (κ1) is 26.1. The molecule has 1 N–H and O–H groups in total. The van der Waals surface area contributed by atoms with Gasteiger partial charge in [-0.05, 0) is 25.8 Å². The normalized spacial score (nSPS) is 14.7. The Labute approximate surface area is 211 Å². The zero-order valence-electron chi connectivity index (χ0n) is 20.9. The highest BCUT2D eigenvalue weighted by Gasteiger charge is 2.39. The van der Waals surface area contributed by atoms with Crippen LogP contribution in [-0.2, 0) is 30.5 Å². The van der Waals surface area contributed by atoms with Crippen molar-refractivity contribution in [3.05, 3.63) is 22.6 Å². The lowest BCUT2D eigenvalue weighted by Gasteiger charge is -2.31. The number of carbonyl (C=O) groups excluding carboxylic acids is 1. The Morgan fingerprint density at radius 3 is 2.64 bits per heavy atom. The van der Waals surface area contributed by atoms with Gasteiger partial charge in [0.05, 0.1) is 11.9 Å². The van der Waals surface area contributed by atoms with E-state index in [-0.39, 0.29) is 30.9 Å². The van der Waals surface area contributed by atoms with Crippen LogP contribution in [0.4, 0.5) is 24.9 Å². The third-order valence-electron chi connectivity index (χ3n) is 6.22. The SMILES string of the molecule is CCCc1cc2c(N3CCn4c(nnc4C(F)(F)F)C3)nc(N(CC)CC(CC)NC(C)=O)nc2s1. The van der Waals surface area contributed by atoms with Crippen LogP contribution in [-0.4, -0.2) is 56.3 Å². The quantitative estimate of drug-likeness (QED) is 0.452. The fourth-order valence-corrected chi connectivity index (χ4v) is 5.55. The number of anilines is 2. The number of halogens is 3. The molecule has 196 valence electrons. The van der Waals surface area contributed by atoms with E-state index in [9.17, 15) is 18.0 Å². The second-order valence-electron chi connectivity index (χ2n) is 8.88. The molecule has 4 heterocycles. The number of likely N-dealkylation sites (N-methyl/N-ethyl adjacent to an activating group) is 1. The number of amides is 1. The lowest BCUT2D eigenvalue weighted by atomic mass is 10.2. The van der Waals surface area contributed by atoms with Crippen molar-refractivity contribution in [2.24, 2.45) is 0 Å².